The highest BCUT2D eigenvalue weighted by Crippen LogP contribution is 2.45. The van der Waals surface area contributed by atoms with Crippen LogP contribution in [-0.4, -0.2) is 35.2 Å². The predicted molar refractivity (Wildman–Crippen MR) is 106 cm³/mol. The van der Waals surface area contributed by atoms with Crippen LogP contribution in [0.1, 0.15) is 53.1 Å². The molecule has 28 heavy (non-hydrogen) atoms. The second-order valence-corrected chi connectivity index (χ2v) is 8.13. The third-order valence-corrected chi connectivity index (χ3v) is 5.63. The SMILES string of the molecule is O=C(O)c1cc(C2CC2)c(O[C@@H]2CCCN(Cc3cccc(Cl)c3)C2)cc1F. The van der Waals surface area contributed by atoms with Gasteiger partial charge in [-0.3, -0.25) is 4.90 Å². The average Bonchev–Trinajstić information content (AvgIpc) is 3.47. The number of carboxylic acid groups (broad SMARTS) is 1. The Balaban J connectivity index is 1.48. The van der Waals surface area contributed by atoms with Crippen LogP contribution in [0.25, 0.3) is 0 Å². The van der Waals surface area contributed by atoms with Crippen molar-refractivity contribution in [3.63, 3.8) is 0 Å². The fraction of sp³-hybridized carbons (Fsp3) is 0.409. The maximum Gasteiger partial charge on any atom is 0.338 e. The molecule has 0 radical (unpaired) electrons. The van der Waals surface area contributed by atoms with Gasteiger partial charge in [-0.15, -0.1) is 0 Å². The molecule has 1 heterocycles. The first-order valence-corrected chi connectivity index (χ1v) is 10.1. The Morgan fingerprint density at radius 2 is 2.07 bits per heavy atom. The molecule has 2 aromatic rings. The third-order valence-electron chi connectivity index (χ3n) is 5.40. The fourth-order valence-corrected chi connectivity index (χ4v) is 4.09. The molecule has 0 bridgehead atoms. The van der Waals surface area contributed by atoms with Crippen LogP contribution in [-0.2, 0) is 6.54 Å². The van der Waals surface area contributed by atoms with E-state index in [0.717, 1.165) is 61.5 Å². The number of nitrogens with zero attached hydrogens (tertiary/aromatic N) is 1. The Hall–Kier alpha value is -2.11. The minimum absolute atomic E-state index is 0.0412. The monoisotopic (exact) mass is 403 g/mol. The summed E-state index contributed by atoms with van der Waals surface area (Å²) in [5.74, 6) is -1.20. The van der Waals surface area contributed by atoms with Gasteiger partial charge in [-0.25, -0.2) is 9.18 Å². The van der Waals surface area contributed by atoms with Crippen molar-refractivity contribution in [1.82, 2.24) is 4.90 Å². The number of benzene rings is 2. The van der Waals surface area contributed by atoms with E-state index in [0.29, 0.717) is 5.75 Å². The van der Waals surface area contributed by atoms with Gasteiger partial charge < -0.3 is 9.84 Å². The molecule has 2 fully saturated rings. The Morgan fingerprint density at radius 3 is 2.79 bits per heavy atom. The first kappa shape index (κ1) is 19.2. The molecular formula is C22H23ClFNO3. The van der Waals surface area contributed by atoms with Crippen molar-refractivity contribution in [3.05, 3.63) is 63.9 Å². The first-order valence-electron chi connectivity index (χ1n) is 9.70. The summed E-state index contributed by atoms with van der Waals surface area (Å²) >= 11 is 6.08. The lowest BCUT2D eigenvalue weighted by atomic mass is 10.0. The number of hydrogen-bond donors (Lipinski definition) is 1. The van der Waals surface area contributed by atoms with Gasteiger partial charge in [0.1, 0.15) is 17.7 Å². The second-order valence-electron chi connectivity index (χ2n) is 7.70. The molecule has 1 aliphatic carbocycles. The summed E-state index contributed by atoms with van der Waals surface area (Å²) in [7, 11) is 0. The summed E-state index contributed by atoms with van der Waals surface area (Å²) in [6.07, 6.45) is 3.85. The number of aromatic carboxylic acids is 1. The van der Waals surface area contributed by atoms with Gasteiger partial charge in [-0.2, -0.15) is 0 Å². The van der Waals surface area contributed by atoms with Gasteiger partial charge in [0.15, 0.2) is 0 Å². The molecule has 1 saturated heterocycles. The topological polar surface area (TPSA) is 49.8 Å². The number of hydrogen-bond acceptors (Lipinski definition) is 3. The molecule has 0 unspecified atom stereocenters. The molecule has 1 atom stereocenters. The zero-order chi connectivity index (χ0) is 19.7. The van der Waals surface area contributed by atoms with E-state index in [9.17, 15) is 14.3 Å². The van der Waals surface area contributed by atoms with E-state index in [2.05, 4.69) is 11.0 Å². The molecule has 6 heteroatoms. The molecule has 0 aromatic heterocycles. The van der Waals surface area contributed by atoms with E-state index in [-0.39, 0.29) is 17.6 Å². The van der Waals surface area contributed by atoms with Crippen LogP contribution >= 0.6 is 11.6 Å². The van der Waals surface area contributed by atoms with E-state index < -0.39 is 11.8 Å². The van der Waals surface area contributed by atoms with Crippen LogP contribution in [0.4, 0.5) is 4.39 Å². The molecule has 0 spiro atoms. The van der Waals surface area contributed by atoms with Crippen molar-refractivity contribution >= 4 is 17.6 Å². The maximum atomic E-state index is 14.2. The van der Waals surface area contributed by atoms with Gasteiger partial charge in [0.2, 0.25) is 0 Å². The van der Waals surface area contributed by atoms with Gasteiger partial charge in [0.05, 0.1) is 5.56 Å². The fourth-order valence-electron chi connectivity index (χ4n) is 3.88. The van der Waals surface area contributed by atoms with Crippen LogP contribution in [0.2, 0.25) is 5.02 Å². The number of rotatable bonds is 6. The normalized spacial score (nSPS) is 20.1. The van der Waals surface area contributed by atoms with Gasteiger partial charge in [0.25, 0.3) is 0 Å². The van der Waals surface area contributed by atoms with Crippen molar-refractivity contribution in [1.29, 1.82) is 0 Å². The van der Waals surface area contributed by atoms with Crippen molar-refractivity contribution in [3.8, 4) is 5.75 Å². The molecule has 0 amide bonds. The summed E-state index contributed by atoms with van der Waals surface area (Å²) in [6.45, 7) is 2.52. The minimum atomic E-state index is -1.24. The lowest BCUT2D eigenvalue weighted by molar-refractivity contribution is 0.0691. The molecule has 2 aliphatic rings. The summed E-state index contributed by atoms with van der Waals surface area (Å²) in [4.78, 5) is 13.6. The second kappa shape index (κ2) is 8.10. The number of halogens is 2. The number of likely N-dealkylation sites (tertiary alicyclic amines) is 1. The lowest BCUT2D eigenvalue weighted by Gasteiger charge is -2.33. The largest absolute Gasteiger partial charge is 0.489 e. The van der Waals surface area contributed by atoms with Crippen LogP contribution in [0, 0.1) is 5.82 Å². The zero-order valence-corrected chi connectivity index (χ0v) is 16.3. The third kappa shape index (κ3) is 4.47. The standard InChI is InChI=1S/C22H23ClFNO3/c23-16-4-1-3-14(9-16)12-25-8-2-5-17(13-25)28-21-11-20(24)19(22(26)27)10-18(21)15-6-7-15/h1,3-4,9-11,15,17H,2,5-8,12-13H2,(H,26,27)/t17-/m1/s1. The van der Waals surface area contributed by atoms with Gasteiger partial charge in [-0.05, 0) is 67.5 Å². The first-order chi connectivity index (χ1) is 13.5. The number of ether oxygens (including phenoxy) is 1. The molecule has 1 saturated carbocycles. The van der Waals surface area contributed by atoms with Crippen LogP contribution < -0.4 is 4.74 Å². The molecule has 2 aromatic carbocycles. The summed E-state index contributed by atoms with van der Waals surface area (Å²) in [6, 6.07) is 10.6. The lowest BCUT2D eigenvalue weighted by Crippen LogP contribution is -2.40. The number of carbonyl (C=O) groups is 1. The van der Waals surface area contributed by atoms with E-state index >= 15 is 0 Å². The molecule has 1 aliphatic heterocycles. The molecule has 4 nitrogen and oxygen atoms in total. The summed E-state index contributed by atoms with van der Waals surface area (Å²) in [5, 5.41) is 9.93. The van der Waals surface area contributed by atoms with Crippen LogP contribution in [0.5, 0.6) is 5.75 Å². The van der Waals surface area contributed by atoms with Crippen LogP contribution in [0.3, 0.4) is 0 Å². The van der Waals surface area contributed by atoms with E-state index in [1.807, 2.05) is 18.2 Å². The molecule has 4 rings (SSSR count). The number of carboxylic acids is 1. The Bertz CT molecular complexity index is 884. The van der Waals surface area contributed by atoms with E-state index in [1.165, 1.54) is 12.1 Å². The zero-order valence-electron chi connectivity index (χ0n) is 15.5. The van der Waals surface area contributed by atoms with Gasteiger partial charge in [0, 0.05) is 24.2 Å². The summed E-state index contributed by atoms with van der Waals surface area (Å²) in [5.41, 5.74) is 1.70. The van der Waals surface area contributed by atoms with Gasteiger partial charge >= 0.3 is 5.97 Å². The highest BCUT2D eigenvalue weighted by Gasteiger charge is 2.31. The van der Waals surface area contributed by atoms with Crippen molar-refractivity contribution in [2.45, 2.75) is 44.2 Å². The van der Waals surface area contributed by atoms with Crippen molar-refractivity contribution < 1.29 is 19.0 Å². The number of piperidine rings is 1. The highest BCUT2D eigenvalue weighted by atomic mass is 35.5. The van der Waals surface area contributed by atoms with Crippen LogP contribution in [0.15, 0.2) is 36.4 Å². The molecule has 1 N–H and O–H groups in total. The smallest absolute Gasteiger partial charge is 0.338 e. The maximum absolute atomic E-state index is 14.2. The Labute approximate surface area is 168 Å². The molecular weight excluding hydrogens is 381 g/mol. The molecule has 148 valence electrons. The summed E-state index contributed by atoms with van der Waals surface area (Å²) < 4.78 is 20.4. The average molecular weight is 404 g/mol. The van der Waals surface area contributed by atoms with E-state index in [4.69, 9.17) is 16.3 Å². The minimum Gasteiger partial charge on any atom is -0.489 e. The highest BCUT2D eigenvalue weighted by molar-refractivity contribution is 6.30. The quantitative estimate of drug-likeness (QED) is 0.729. The van der Waals surface area contributed by atoms with Crippen molar-refractivity contribution in [2.75, 3.05) is 13.1 Å². The predicted octanol–water partition coefficient (Wildman–Crippen LogP) is 5.10. The Morgan fingerprint density at radius 1 is 1.25 bits per heavy atom. The van der Waals surface area contributed by atoms with Crippen molar-refractivity contribution in [2.24, 2.45) is 0 Å². The van der Waals surface area contributed by atoms with E-state index in [1.54, 1.807) is 0 Å². The van der Waals surface area contributed by atoms with Gasteiger partial charge in [-0.1, -0.05) is 23.7 Å². The Kier molecular flexibility index (Phi) is 5.56.